The van der Waals surface area contributed by atoms with Gasteiger partial charge in [0.25, 0.3) is 5.69 Å². The Morgan fingerprint density at radius 1 is 1.29 bits per heavy atom. The highest BCUT2D eigenvalue weighted by molar-refractivity contribution is 6.31. The first-order valence-electron chi connectivity index (χ1n) is 12.6. The van der Waals surface area contributed by atoms with Crippen LogP contribution in [0.2, 0.25) is 5.02 Å². The van der Waals surface area contributed by atoms with Crippen LogP contribution in [0.5, 0.6) is 5.75 Å². The molecule has 2 heterocycles. The molecule has 12 nitrogen and oxygen atoms in total. The molecule has 3 N–H and O–H groups in total. The highest BCUT2D eigenvalue weighted by atomic mass is 35.5. The molecule has 1 atom stereocenters. The van der Waals surface area contributed by atoms with E-state index in [2.05, 4.69) is 25.5 Å². The summed E-state index contributed by atoms with van der Waals surface area (Å²) in [6, 6.07) is 7.60. The van der Waals surface area contributed by atoms with Gasteiger partial charge in [-0.25, -0.2) is 9.37 Å². The minimum Gasteiger partial charge on any atom is -0.494 e. The van der Waals surface area contributed by atoms with Crippen LogP contribution in [0.25, 0.3) is 0 Å². The van der Waals surface area contributed by atoms with Crippen LogP contribution in [0.1, 0.15) is 31.4 Å². The van der Waals surface area contributed by atoms with Gasteiger partial charge in [0.05, 0.1) is 34.5 Å². The van der Waals surface area contributed by atoms with Gasteiger partial charge in [-0.15, -0.1) is 0 Å². The molecule has 0 radical (unpaired) electrons. The number of benzene rings is 2. The number of nitro benzene ring substituents is 1. The van der Waals surface area contributed by atoms with Gasteiger partial charge < -0.3 is 30.3 Å². The van der Waals surface area contributed by atoms with Gasteiger partial charge in [0, 0.05) is 42.5 Å². The van der Waals surface area contributed by atoms with Gasteiger partial charge in [0.1, 0.15) is 28.9 Å². The second kappa shape index (κ2) is 11.7. The van der Waals surface area contributed by atoms with E-state index in [4.69, 9.17) is 16.3 Å². The molecule has 3 aromatic rings. The number of aromatic nitrogens is 2. The van der Waals surface area contributed by atoms with Crippen molar-refractivity contribution in [1.82, 2.24) is 14.9 Å². The van der Waals surface area contributed by atoms with E-state index >= 15 is 0 Å². The number of nitro groups is 1. The molecule has 1 saturated heterocycles. The first-order chi connectivity index (χ1) is 19.3. The standard InChI is InChI=1S/C27H30ClFN8O4/c1-27(2,38)17-8-19(29)18(28)9-20(17)32-25-15(12-30)13-31-26(34-25)33-21-10-23(37(39)40)22(11-24(21)41-5)36-7-6-16(14-36)35(3)4/h8-11,13,16,38H,6-7,14H2,1-5H3,(H2,31,32,33,34)/t16-/m1/s1. The molecule has 1 aliphatic heterocycles. The molecule has 0 saturated carbocycles. The summed E-state index contributed by atoms with van der Waals surface area (Å²) in [5.74, 6) is -0.354. The third-order valence-electron chi connectivity index (χ3n) is 6.86. The highest BCUT2D eigenvalue weighted by Crippen LogP contribution is 2.41. The van der Waals surface area contributed by atoms with Crippen LogP contribution in [-0.4, -0.2) is 65.2 Å². The second-order valence-electron chi connectivity index (χ2n) is 10.3. The number of hydrogen-bond donors (Lipinski definition) is 3. The number of anilines is 5. The molecule has 41 heavy (non-hydrogen) atoms. The van der Waals surface area contributed by atoms with Gasteiger partial charge in [-0.2, -0.15) is 10.2 Å². The predicted molar refractivity (Wildman–Crippen MR) is 154 cm³/mol. The fourth-order valence-corrected chi connectivity index (χ4v) is 4.79. The Labute approximate surface area is 241 Å². The van der Waals surface area contributed by atoms with Crippen molar-refractivity contribution in [3.8, 4) is 11.8 Å². The smallest absolute Gasteiger partial charge is 0.294 e. The van der Waals surface area contributed by atoms with Crippen LogP contribution in [0.3, 0.4) is 0 Å². The number of methoxy groups -OCH3 is 1. The largest absolute Gasteiger partial charge is 0.494 e. The molecule has 0 amide bonds. The summed E-state index contributed by atoms with van der Waals surface area (Å²) in [5, 5.41) is 38.0. The molecule has 1 fully saturated rings. The molecule has 216 valence electrons. The molecule has 0 spiro atoms. The summed E-state index contributed by atoms with van der Waals surface area (Å²) in [7, 11) is 5.41. The Morgan fingerprint density at radius 2 is 2.02 bits per heavy atom. The summed E-state index contributed by atoms with van der Waals surface area (Å²) in [5.41, 5.74) is -0.427. The van der Waals surface area contributed by atoms with E-state index in [1.54, 1.807) is 6.07 Å². The maximum absolute atomic E-state index is 14.2. The summed E-state index contributed by atoms with van der Waals surface area (Å²) < 4.78 is 19.8. The minimum absolute atomic E-state index is 0.00119. The van der Waals surface area contributed by atoms with Crippen LogP contribution >= 0.6 is 11.6 Å². The van der Waals surface area contributed by atoms with Crippen LogP contribution in [0.15, 0.2) is 30.5 Å². The van der Waals surface area contributed by atoms with Crippen molar-refractivity contribution >= 4 is 46.1 Å². The maximum Gasteiger partial charge on any atom is 0.294 e. The quantitative estimate of drug-likeness (QED) is 0.232. The lowest BCUT2D eigenvalue weighted by Crippen LogP contribution is -2.31. The lowest BCUT2D eigenvalue weighted by Gasteiger charge is -2.23. The fourth-order valence-electron chi connectivity index (χ4n) is 4.63. The predicted octanol–water partition coefficient (Wildman–Crippen LogP) is 4.91. The zero-order chi connectivity index (χ0) is 30.1. The SMILES string of the molecule is COc1cc(N2CC[C@@H](N(C)C)C2)c([N+](=O)[O-])cc1Nc1ncc(C#N)c(Nc2cc(Cl)c(F)cc2C(C)(C)O)n1. The second-order valence-corrected chi connectivity index (χ2v) is 10.7. The number of aliphatic hydroxyl groups is 1. The molecular formula is C27H30ClFN8O4. The van der Waals surface area contributed by atoms with Gasteiger partial charge >= 0.3 is 0 Å². The van der Waals surface area contributed by atoms with Crippen molar-refractivity contribution in [3.05, 3.63) is 62.5 Å². The number of nitriles is 1. The van der Waals surface area contributed by atoms with Gasteiger partial charge in [-0.3, -0.25) is 10.1 Å². The van der Waals surface area contributed by atoms with E-state index in [1.165, 1.54) is 39.3 Å². The van der Waals surface area contributed by atoms with E-state index < -0.39 is 16.3 Å². The van der Waals surface area contributed by atoms with E-state index in [9.17, 15) is 24.9 Å². The van der Waals surface area contributed by atoms with Crippen molar-refractivity contribution in [2.24, 2.45) is 0 Å². The van der Waals surface area contributed by atoms with E-state index in [0.717, 1.165) is 12.5 Å². The van der Waals surface area contributed by atoms with Gasteiger partial charge in [-0.05, 0) is 46.5 Å². The lowest BCUT2D eigenvalue weighted by molar-refractivity contribution is -0.384. The molecule has 4 rings (SSSR count). The Hall–Kier alpha value is -4.25. The van der Waals surface area contributed by atoms with Crippen LogP contribution in [0, 0.1) is 27.3 Å². The number of nitrogens with one attached hydrogen (secondary N) is 2. The zero-order valence-electron chi connectivity index (χ0n) is 23.2. The summed E-state index contributed by atoms with van der Waals surface area (Å²) in [6.07, 6.45) is 2.13. The van der Waals surface area contributed by atoms with Crippen LogP contribution in [-0.2, 0) is 5.60 Å². The van der Waals surface area contributed by atoms with Gasteiger partial charge in [0.2, 0.25) is 5.95 Å². The Morgan fingerprint density at radius 3 is 2.61 bits per heavy atom. The molecule has 1 aromatic heterocycles. The van der Waals surface area contributed by atoms with Crippen LogP contribution < -0.4 is 20.3 Å². The van der Waals surface area contributed by atoms with E-state index in [1.807, 2.05) is 25.1 Å². The van der Waals surface area contributed by atoms with Crippen molar-refractivity contribution in [3.63, 3.8) is 0 Å². The number of hydrogen-bond acceptors (Lipinski definition) is 11. The first kappa shape index (κ1) is 29.7. The van der Waals surface area contributed by atoms with Crippen molar-refractivity contribution in [1.29, 1.82) is 5.26 Å². The highest BCUT2D eigenvalue weighted by Gasteiger charge is 2.30. The third-order valence-corrected chi connectivity index (χ3v) is 7.15. The monoisotopic (exact) mass is 584 g/mol. The average molecular weight is 585 g/mol. The van der Waals surface area contributed by atoms with Crippen molar-refractivity contribution < 1.29 is 19.2 Å². The fraction of sp³-hybridized carbons (Fsp3) is 0.370. The van der Waals surface area contributed by atoms with Crippen LogP contribution in [0.4, 0.5) is 38.9 Å². The minimum atomic E-state index is -1.45. The number of halogens is 2. The first-order valence-corrected chi connectivity index (χ1v) is 13.0. The van der Waals surface area contributed by atoms with E-state index in [0.29, 0.717) is 24.5 Å². The summed E-state index contributed by atoms with van der Waals surface area (Å²) >= 11 is 5.99. The van der Waals surface area contributed by atoms with Crippen molar-refractivity contribution in [2.75, 3.05) is 49.8 Å². The Bertz CT molecular complexity index is 1520. The third kappa shape index (κ3) is 6.40. The zero-order valence-corrected chi connectivity index (χ0v) is 24.0. The Balaban J connectivity index is 1.71. The Kier molecular flexibility index (Phi) is 8.48. The average Bonchev–Trinajstić information content (AvgIpc) is 3.40. The molecule has 14 heteroatoms. The summed E-state index contributed by atoms with van der Waals surface area (Å²) in [6.45, 7) is 4.25. The van der Waals surface area contributed by atoms with E-state index in [-0.39, 0.29) is 51.0 Å². The number of rotatable bonds is 9. The molecule has 2 aromatic carbocycles. The molecule has 1 aliphatic rings. The molecule has 0 aliphatic carbocycles. The summed E-state index contributed by atoms with van der Waals surface area (Å²) in [4.78, 5) is 24.2. The van der Waals surface area contributed by atoms with Crippen molar-refractivity contribution in [2.45, 2.75) is 31.9 Å². The topological polar surface area (TPSA) is 153 Å². The molecule has 0 bridgehead atoms. The van der Waals surface area contributed by atoms with Gasteiger partial charge in [-0.1, -0.05) is 11.6 Å². The number of likely N-dealkylation sites (N-methyl/N-ethyl adjacent to an activating group) is 1. The molecule has 0 unspecified atom stereocenters. The maximum atomic E-state index is 14.2. The lowest BCUT2D eigenvalue weighted by atomic mass is 9.96. The normalized spacial score (nSPS) is 15.1. The number of nitrogens with zero attached hydrogens (tertiary/aromatic N) is 6. The van der Waals surface area contributed by atoms with Gasteiger partial charge in [0.15, 0.2) is 5.82 Å². The number of ether oxygens (including phenoxy) is 1. The molecular weight excluding hydrogens is 555 g/mol.